The molecule has 1 atom stereocenters. The van der Waals surface area contributed by atoms with Crippen LogP contribution in [0.2, 0.25) is 0 Å². The smallest absolute Gasteiger partial charge is 0.0424 e. The van der Waals surface area contributed by atoms with Gasteiger partial charge < -0.3 is 5.73 Å². The second-order valence-corrected chi connectivity index (χ2v) is 6.07. The number of hydrogen-bond acceptors (Lipinski definition) is 2. The number of hydrogen-bond donors (Lipinski definition) is 1. The summed E-state index contributed by atoms with van der Waals surface area (Å²) in [7, 11) is 2.16. The van der Waals surface area contributed by atoms with Crippen LogP contribution in [0.4, 0.5) is 0 Å². The molecule has 0 fully saturated rings. The maximum absolute atomic E-state index is 6.34. The highest BCUT2D eigenvalue weighted by Gasteiger charge is 2.23. The Hall–Kier alpha value is -0.860. The summed E-state index contributed by atoms with van der Waals surface area (Å²) in [6.07, 6.45) is 1.13. The third kappa shape index (κ3) is 3.82. The highest BCUT2D eigenvalue weighted by atomic mass is 15.2. The van der Waals surface area contributed by atoms with Gasteiger partial charge in [0.1, 0.15) is 0 Å². The maximum atomic E-state index is 6.34. The molecule has 2 heteroatoms. The summed E-state index contributed by atoms with van der Waals surface area (Å²) >= 11 is 0. The molecule has 18 heavy (non-hydrogen) atoms. The van der Waals surface area contributed by atoms with Crippen LogP contribution in [0.5, 0.6) is 0 Å². The van der Waals surface area contributed by atoms with Crippen LogP contribution in [0.25, 0.3) is 0 Å². The Morgan fingerprint density at radius 2 is 1.67 bits per heavy atom. The Balaban J connectivity index is 2.79. The molecule has 2 N–H and O–H groups in total. The molecule has 0 aromatic heterocycles. The Labute approximate surface area is 112 Å². The van der Waals surface area contributed by atoms with Crippen LogP contribution in [0, 0.1) is 13.8 Å². The van der Waals surface area contributed by atoms with Gasteiger partial charge in [0, 0.05) is 18.1 Å². The zero-order valence-corrected chi connectivity index (χ0v) is 12.7. The van der Waals surface area contributed by atoms with E-state index < -0.39 is 0 Å². The van der Waals surface area contributed by atoms with Crippen molar-refractivity contribution in [2.75, 3.05) is 13.6 Å². The van der Waals surface area contributed by atoms with Crippen molar-refractivity contribution in [3.05, 3.63) is 34.9 Å². The summed E-state index contributed by atoms with van der Waals surface area (Å²) in [5, 5.41) is 0. The molecule has 0 heterocycles. The Bertz CT molecular complexity index is 376. The third-order valence-corrected chi connectivity index (χ3v) is 4.04. The topological polar surface area (TPSA) is 29.3 Å². The minimum Gasteiger partial charge on any atom is -0.323 e. The van der Waals surface area contributed by atoms with Crippen molar-refractivity contribution in [3.8, 4) is 0 Å². The first-order valence-corrected chi connectivity index (χ1v) is 6.81. The van der Waals surface area contributed by atoms with Gasteiger partial charge in [-0.2, -0.15) is 0 Å². The van der Waals surface area contributed by atoms with Gasteiger partial charge >= 0.3 is 0 Å². The average Bonchev–Trinajstić information content (AvgIpc) is 2.27. The van der Waals surface area contributed by atoms with E-state index in [1.54, 1.807) is 0 Å². The fourth-order valence-electron chi connectivity index (χ4n) is 2.14. The van der Waals surface area contributed by atoms with Gasteiger partial charge in [-0.25, -0.2) is 0 Å². The van der Waals surface area contributed by atoms with Crippen molar-refractivity contribution in [1.82, 2.24) is 4.90 Å². The summed E-state index contributed by atoms with van der Waals surface area (Å²) in [4.78, 5) is 2.36. The van der Waals surface area contributed by atoms with E-state index in [0.717, 1.165) is 13.0 Å². The molecule has 0 amide bonds. The first-order chi connectivity index (χ1) is 8.26. The van der Waals surface area contributed by atoms with Gasteiger partial charge in [0.2, 0.25) is 0 Å². The average molecular weight is 248 g/mol. The molecule has 0 radical (unpaired) electrons. The summed E-state index contributed by atoms with van der Waals surface area (Å²) in [6.45, 7) is 11.9. The van der Waals surface area contributed by atoms with Gasteiger partial charge in [0.05, 0.1) is 0 Å². The number of likely N-dealkylation sites (N-methyl/N-ethyl adjacent to an activating group) is 1. The SMILES string of the molecule is CCC(C)(C)N(C)CC(N)c1cc(C)cc(C)c1. The fraction of sp³-hybridized carbons (Fsp3) is 0.625. The maximum Gasteiger partial charge on any atom is 0.0424 e. The molecule has 102 valence electrons. The van der Waals surface area contributed by atoms with Crippen LogP contribution in [0.15, 0.2) is 18.2 Å². The monoisotopic (exact) mass is 248 g/mol. The Kier molecular flexibility index (Phi) is 4.94. The molecule has 0 saturated heterocycles. The zero-order valence-electron chi connectivity index (χ0n) is 12.7. The van der Waals surface area contributed by atoms with E-state index in [2.05, 4.69) is 64.8 Å². The largest absolute Gasteiger partial charge is 0.323 e. The number of rotatable bonds is 5. The van der Waals surface area contributed by atoms with Crippen molar-refractivity contribution in [2.24, 2.45) is 5.73 Å². The van der Waals surface area contributed by atoms with E-state index >= 15 is 0 Å². The van der Waals surface area contributed by atoms with Crippen LogP contribution in [-0.4, -0.2) is 24.0 Å². The molecular formula is C16H28N2. The van der Waals surface area contributed by atoms with Gasteiger partial charge in [-0.05, 0) is 46.7 Å². The van der Waals surface area contributed by atoms with E-state index in [9.17, 15) is 0 Å². The normalized spacial score (nSPS) is 14.0. The van der Waals surface area contributed by atoms with Crippen molar-refractivity contribution >= 4 is 0 Å². The lowest BCUT2D eigenvalue weighted by Gasteiger charge is -2.36. The molecule has 1 aromatic rings. The van der Waals surface area contributed by atoms with Crippen LogP contribution < -0.4 is 5.73 Å². The van der Waals surface area contributed by atoms with E-state index in [1.807, 2.05) is 0 Å². The summed E-state index contributed by atoms with van der Waals surface area (Å²) in [6, 6.07) is 6.67. The first-order valence-electron chi connectivity index (χ1n) is 6.81. The second kappa shape index (κ2) is 5.85. The standard InChI is InChI=1S/C16H28N2/c1-7-16(4,5)18(6)11-15(17)14-9-12(2)8-13(3)10-14/h8-10,15H,7,11,17H2,1-6H3. The molecular weight excluding hydrogens is 220 g/mol. The number of nitrogens with zero attached hydrogens (tertiary/aromatic N) is 1. The van der Waals surface area contributed by atoms with Crippen molar-refractivity contribution in [3.63, 3.8) is 0 Å². The number of aryl methyl sites for hydroxylation is 2. The zero-order chi connectivity index (χ0) is 13.9. The molecule has 1 unspecified atom stereocenters. The van der Waals surface area contributed by atoms with Crippen molar-refractivity contribution < 1.29 is 0 Å². The Morgan fingerprint density at radius 1 is 1.17 bits per heavy atom. The molecule has 0 aliphatic rings. The van der Waals surface area contributed by atoms with Gasteiger partial charge in [-0.1, -0.05) is 36.2 Å². The Morgan fingerprint density at radius 3 is 2.11 bits per heavy atom. The second-order valence-electron chi connectivity index (χ2n) is 6.07. The van der Waals surface area contributed by atoms with Gasteiger partial charge in [-0.15, -0.1) is 0 Å². The fourth-order valence-corrected chi connectivity index (χ4v) is 2.14. The van der Waals surface area contributed by atoms with Gasteiger partial charge in [-0.3, -0.25) is 4.90 Å². The van der Waals surface area contributed by atoms with Crippen molar-refractivity contribution in [1.29, 1.82) is 0 Å². The van der Waals surface area contributed by atoms with E-state index in [0.29, 0.717) is 0 Å². The number of nitrogens with two attached hydrogens (primary N) is 1. The molecule has 0 saturated carbocycles. The minimum atomic E-state index is 0.0828. The third-order valence-electron chi connectivity index (χ3n) is 4.04. The van der Waals surface area contributed by atoms with E-state index in [-0.39, 0.29) is 11.6 Å². The van der Waals surface area contributed by atoms with Crippen LogP contribution >= 0.6 is 0 Å². The van der Waals surface area contributed by atoms with Gasteiger partial charge in [0.15, 0.2) is 0 Å². The lowest BCUT2D eigenvalue weighted by atomic mass is 9.97. The minimum absolute atomic E-state index is 0.0828. The molecule has 0 bridgehead atoms. The molecule has 0 aliphatic carbocycles. The summed E-state index contributed by atoms with van der Waals surface area (Å²) in [5.41, 5.74) is 10.4. The number of benzene rings is 1. The highest BCUT2D eigenvalue weighted by molar-refractivity contribution is 5.30. The summed E-state index contributed by atoms with van der Waals surface area (Å²) in [5.74, 6) is 0. The summed E-state index contributed by atoms with van der Waals surface area (Å²) < 4.78 is 0. The van der Waals surface area contributed by atoms with Gasteiger partial charge in [0.25, 0.3) is 0 Å². The molecule has 0 aliphatic heterocycles. The molecule has 1 aromatic carbocycles. The molecule has 0 spiro atoms. The predicted molar refractivity (Wildman–Crippen MR) is 79.8 cm³/mol. The molecule has 2 nitrogen and oxygen atoms in total. The van der Waals surface area contributed by atoms with E-state index in [1.165, 1.54) is 16.7 Å². The highest BCUT2D eigenvalue weighted by Crippen LogP contribution is 2.21. The lowest BCUT2D eigenvalue weighted by molar-refractivity contribution is 0.142. The quantitative estimate of drug-likeness (QED) is 0.865. The first kappa shape index (κ1) is 15.2. The van der Waals surface area contributed by atoms with E-state index in [4.69, 9.17) is 5.73 Å². The van der Waals surface area contributed by atoms with Crippen LogP contribution in [0.3, 0.4) is 0 Å². The lowest BCUT2D eigenvalue weighted by Crippen LogP contribution is -2.44. The molecule has 1 rings (SSSR count). The predicted octanol–water partition coefficient (Wildman–Crippen LogP) is 3.42. The van der Waals surface area contributed by atoms with Crippen molar-refractivity contribution in [2.45, 2.75) is 52.6 Å². The van der Waals surface area contributed by atoms with Crippen LogP contribution in [0.1, 0.15) is 49.9 Å². The van der Waals surface area contributed by atoms with Crippen LogP contribution in [-0.2, 0) is 0 Å².